The predicted octanol–water partition coefficient (Wildman–Crippen LogP) is 4.83. The van der Waals surface area contributed by atoms with Crippen molar-refractivity contribution >= 4 is 50.1 Å². The molecule has 8 nitrogen and oxygen atoms in total. The van der Waals surface area contributed by atoms with E-state index >= 15 is 0 Å². The largest absolute Gasteiger partial charge is 0.497 e. The Balaban J connectivity index is 2.02. The van der Waals surface area contributed by atoms with Gasteiger partial charge in [-0.25, -0.2) is 8.42 Å². The minimum absolute atomic E-state index is 0.0748. The second kappa shape index (κ2) is 14.3. The first kappa shape index (κ1) is 30.4. The number of hydrogen-bond acceptors (Lipinski definition) is 5. The van der Waals surface area contributed by atoms with Crippen LogP contribution in [-0.2, 0) is 26.2 Å². The van der Waals surface area contributed by atoms with Crippen LogP contribution in [0.2, 0.25) is 0 Å². The SMILES string of the molecule is CCCNC(=O)[C@H](CC)N(Cc1ccc(OC)cc1)C(=O)CN(c1ccc(I)cc1)S(=O)(=O)c1ccccc1. The molecule has 0 aliphatic heterocycles. The standard InChI is InChI=1S/C29H34IN3O5S/c1-4-19-31-29(35)27(5-2)32(20-22-11-17-25(38-3)18-12-22)28(34)21-33(24-15-13-23(30)14-16-24)39(36,37)26-9-7-6-8-10-26/h6-18,27H,4-5,19-21H2,1-3H3,(H,31,35)/t27-/m0/s1. The Labute approximate surface area is 244 Å². The molecule has 0 bridgehead atoms. The van der Waals surface area contributed by atoms with Crippen molar-refractivity contribution in [2.75, 3.05) is 24.5 Å². The summed E-state index contributed by atoms with van der Waals surface area (Å²) in [5.74, 6) is -0.0847. The van der Waals surface area contributed by atoms with Crippen LogP contribution < -0.4 is 14.4 Å². The molecule has 1 N–H and O–H groups in total. The maximum atomic E-state index is 14.0. The third kappa shape index (κ3) is 7.95. The number of rotatable bonds is 13. The van der Waals surface area contributed by atoms with Gasteiger partial charge in [-0.1, -0.05) is 44.2 Å². The van der Waals surface area contributed by atoms with E-state index in [4.69, 9.17) is 4.74 Å². The summed E-state index contributed by atoms with van der Waals surface area (Å²) in [4.78, 5) is 28.7. The number of methoxy groups -OCH3 is 1. The van der Waals surface area contributed by atoms with Crippen molar-refractivity contribution in [2.24, 2.45) is 0 Å². The van der Waals surface area contributed by atoms with E-state index in [2.05, 4.69) is 27.9 Å². The molecule has 0 aliphatic carbocycles. The lowest BCUT2D eigenvalue weighted by Gasteiger charge is -2.33. The highest BCUT2D eigenvalue weighted by Gasteiger charge is 2.33. The van der Waals surface area contributed by atoms with Gasteiger partial charge in [-0.05, 0) is 89.5 Å². The fraction of sp³-hybridized carbons (Fsp3) is 0.310. The first-order chi connectivity index (χ1) is 18.7. The molecular weight excluding hydrogens is 629 g/mol. The number of amides is 2. The van der Waals surface area contributed by atoms with Crippen LogP contribution in [-0.4, -0.2) is 51.4 Å². The molecule has 0 aromatic heterocycles. The van der Waals surface area contributed by atoms with E-state index in [1.165, 1.54) is 17.0 Å². The van der Waals surface area contributed by atoms with Crippen molar-refractivity contribution in [2.45, 2.75) is 44.2 Å². The molecule has 3 aromatic carbocycles. The summed E-state index contributed by atoms with van der Waals surface area (Å²) < 4.78 is 34.8. The van der Waals surface area contributed by atoms with Gasteiger partial charge in [0.15, 0.2) is 0 Å². The van der Waals surface area contributed by atoms with E-state index in [0.717, 1.165) is 19.9 Å². The molecular formula is C29H34IN3O5S. The molecule has 0 radical (unpaired) electrons. The Morgan fingerprint density at radius 1 is 0.949 bits per heavy atom. The Bertz CT molecular complexity index is 1330. The summed E-state index contributed by atoms with van der Waals surface area (Å²) in [6, 6.07) is 21.4. The first-order valence-electron chi connectivity index (χ1n) is 12.7. The molecule has 0 saturated carbocycles. The van der Waals surface area contributed by atoms with Gasteiger partial charge in [0.25, 0.3) is 10.0 Å². The zero-order valence-electron chi connectivity index (χ0n) is 22.3. The maximum absolute atomic E-state index is 14.0. The Morgan fingerprint density at radius 3 is 2.15 bits per heavy atom. The topological polar surface area (TPSA) is 96.0 Å². The number of sulfonamides is 1. The van der Waals surface area contributed by atoms with Gasteiger partial charge in [-0.2, -0.15) is 0 Å². The van der Waals surface area contributed by atoms with Crippen molar-refractivity contribution in [1.82, 2.24) is 10.2 Å². The average molecular weight is 664 g/mol. The Hall–Kier alpha value is -3.12. The van der Waals surface area contributed by atoms with Gasteiger partial charge in [0, 0.05) is 16.7 Å². The van der Waals surface area contributed by atoms with Gasteiger partial charge >= 0.3 is 0 Å². The lowest BCUT2D eigenvalue weighted by Crippen LogP contribution is -2.52. The normalized spacial score (nSPS) is 11.9. The second-order valence-electron chi connectivity index (χ2n) is 8.89. The third-order valence-electron chi connectivity index (χ3n) is 6.17. The molecule has 0 heterocycles. The molecule has 3 aromatic rings. The summed E-state index contributed by atoms with van der Waals surface area (Å²) in [6.45, 7) is 3.94. The fourth-order valence-corrected chi connectivity index (χ4v) is 5.86. The molecule has 2 amide bonds. The summed E-state index contributed by atoms with van der Waals surface area (Å²) >= 11 is 2.14. The molecule has 10 heteroatoms. The molecule has 0 spiro atoms. The minimum Gasteiger partial charge on any atom is -0.497 e. The quantitative estimate of drug-likeness (QED) is 0.265. The van der Waals surface area contributed by atoms with Gasteiger partial charge in [-0.15, -0.1) is 0 Å². The van der Waals surface area contributed by atoms with Crippen LogP contribution in [0.4, 0.5) is 5.69 Å². The molecule has 0 unspecified atom stereocenters. The molecule has 208 valence electrons. The number of carbonyl (C=O) groups excluding carboxylic acids is 2. The van der Waals surface area contributed by atoms with Crippen molar-refractivity contribution in [1.29, 1.82) is 0 Å². The van der Waals surface area contributed by atoms with E-state index in [1.54, 1.807) is 61.7 Å². The lowest BCUT2D eigenvalue weighted by molar-refractivity contribution is -0.140. The Kier molecular flexibility index (Phi) is 11.2. The first-order valence-corrected chi connectivity index (χ1v) is 15.3. The van der Waals surface area contributed by atoms with Gasteiger partial charge in [0.2, 0.25) is 11.8 Å². The molecule has 0 aliphatic rings. The van der Waals surface area contributed by atoms with E-state index in [-0.39, 0.29) is 17.3 Å². The van der Waals surface area contributed by atoms with Gasteiger partial charge in [-0.3, -0.25) is 13.9 Å². The summed E-state index contributed by atoms with van der Waals surface area (Å²) in [5.41, 5.74) is 1.15. The van der Waals surface area contributed by atoms with Crippen molar-refractivity contribution in [3.05, 3.63) is 88.0 Å². The maximum Gasteiger partial charge on any atom is 0.264 e. The van der Waals surface area contributed by atoms with Gasteiger partial charge in [0.1, 0.15) is 18.3 Å². The summed E-state index contributed by atoms with van der Waals surface area (Å²) in [6.07, 6.45) is 1.12. The highest BCUT2D eigenvalue weighted by molar-refractivity contribution is 14.1. The molecule has 3 rings (SSSR count). The van der Waals surface area contributed by atoms with Crippen molar-refractivity contribution in [3.8, 4) is 5.75 Å². The number of halogens is 1. The second-order valence-corrected chi connectivity index (χ2v) is 12.0. The minimum atomic E-state index is -4.08. The fourth-order valence-electron chi connectivity index (χ4n) is 4.07. The van der Waals surface area contributed by atoms with E-state index in [1.807, 2.05) is 26.0 Å². The number of hydrogen-bond donors (Lipinski definition) is 1. The zero-order valence-corrected chi connectivity index (χ0v) is 25.3. The van der Waals surface area contributed by atoms with E-state index in [0.29, 0.717) is 24.4 Å². The number of nitrogens with zero attached hydrogens (tertiary/aromatic N) is 2. The molecule has 1 atom stereocenters. The van der Waals surface area contributed by atoms with E-state index < -0.39 is 28.5 Å². The number of nitrogens with one attached hydrogen (secondary N) is 1. The molecule has 0 saturated heterocycles. The van der Waals surface area contributed by atoms with Crippen LogP contribution in [0.1, 0.15) is 32.3 Å². The zero-order chi connectivity index (χ0) is 28.4. The number of anilines is 1. The number of benzene rings is 3. The van der Waals surface area contributed by atoms with Crippen LogP contribution in [0.15, 0.2) is 83.8 Å². The van der Waals surface area contributed by atoms with Gasteiger partial charge < -0.3 is 15.0 Å². The van der Waals surface area contributed by atoms with Crippen molar-refractivity contribution < 1.29 is 22.7 Å². The molecule has 39 heavy (non-hydrogen) atoms. The van der Waals surface area contributed by atoms with Crippen molar-refractivity contribution in [3.63, 3.8) is 0 Å². The monoisotopic (exact) mass is 663 g/mol. The van der Waals surface area contributed by atoms with Gasteiger partial charge in [0.05, 0.1) is 17.7 Å². The van der Waals surface area contributed by atoms with Crippen LogP contribution in [0.25, 0.3) is 0 Å². The summed E-state index contributed by atoms with van der Waals surface area (Å²) in [5, 5.41) is 2.88. The average Bonchev–Trinajstić information content (AvgIpc) is 2.95. The van der Waals surface area contributed by atoms with Crippen LogP contribution in [0.3, 0.4) is 0 Å². The highest BCUT2D eigenvalue weighted by Crippen LogP contribution is 2.26. The van der Waals surface area contributed by atoms with Crippen LogP contribution in [0, 0.1) is 3.57 Å². The third-order valence-corrected chi connectivity index (χ3v) is 8.68. The lowest BCUT2D eigenvalue weighted by atomic mass is 10.1. The van der Waals surface area contributed by atoms with E-state index in [9.17, 15) is 18.0 Å². The number of ether oxygens (including phenoxy) is 1. The smallest absolute Gasteiger partial charge is 0.264 e. The predicted molar refractivity (Wildman–Crippen MR) is 161 cm³/mol. The van der Waals surface area contributed by atoms with Crippen LogP contribution in [0.5, 0.6) is 5.75 Å². The summed E-state index contributed by atoms with van der Waals surface area (Å²) in [7, 11) is -2.51. The number of carbonyl (C=O) groups is 2. The molecule has 0 fully saturated rings. The van der Waals surface area contributed by atoms with Crippen LogP contribution >= 0.6 is 22.6 Å². The Morgan fingerprint density at radius 2 is 1.59 bits per heavy atom. The highest BCUT2D eigenvalue weighted by atomic mass is 127.